The molecule has 3 heterocycles. The Bertz CT molecular complexity index is 980. The van der Waals surface area contributed by atoms with Crippen molar-refractivity contribution in [2.75, 3.05) is 38.1 Å². The fourth-order valence-electron chi connectivity index (χ4n) is 3.28. The Morgan fingerprint density at radius 3 is 2.62 bits per heavy atom. The first kappa shape index (κ1) is 20.1. The lowest BCUT2D eigenvalue weighted by atomic mass is 10.2. The summed E-state index contributed by atoms with van der Waals surface area (Å²) in [7, 11) is 2.14. The Balaban J connectivity index is 1.37. The summed E-state index contributed by atoms with van der Waals surface area (Å²) in [4.78, 5) is 23.5. The Hall–Kier alpha value is -2.22. The summed E-state index contributed by atoms with van der Waals surface area (Å²) >= 11 is 4.96. The molecule has 150 valence electrons. The second kappa shape index (κ2) is 9.07. The molecule has 5 nitrogen and oxygen atoms in total. The van der Waals surface area contributed by atoms with E-state index >= 15 is 0 Å². The molecule has 0 spiro atoms. The minimum absolute atomic E-state index is 0.0451. The zero-order valence-corrected chi connectivity index (χ0v) is 18.7. The van der Waals surface area contributed by atoms with Crippen molar-refractivity contribution < 1.29 is 4.79 Å². The van der Waals surface area contributed by atoms with Gasteiger partial charge in [0.1, 0.15) is 5.82 Å². The number of halogens is 1. The molecule has 0 radical (unpaired) electrons. The number of nitrogens with one attached hydrogen (secondary N) is 1. The number of anilines is 1. The van der Waals surface area contributed by atoms with E-state index in [2.05, 4.69) is 61.3 Å². The molecule has 29 heavy (non-hydrogen) atoms. The molecule has 1 aromatic carbocycles. The average Bonchev–Trinajstić information content (AvgIpc) is 3.24. The summed E-state index contributed by atoms with van der Waals surface area (Å²) in [5.41, 5.74) is 2.18. The highest BCUT2D eigenvalue weighted by atomic mass is 79.9. The predicted molar refractivity (Wildman–Crippen MR) is 123 cm³/mol. The molecule has 1 N–H and O–H groups in total. The maximum atomic E-state index is 12.6. The smallest absolute Gasteiger partial charge is 0.261 e. The number of thiophene rings is 1. The van der Waals surface area contributed by atoms with Crippen LogP contribution in [-0.4, -0.2) is 49.0 Å². The van der Waals surface area contributed by atoms with Gasteiger partial charge in [-0.1, -0.05) is 28.1 Å². The monoisotopic (exact) mass is 470 g/mol. The second-order valence-electron chi connectivity index (χ2n) is 7.17. The Morgan fingerprint density at radius 1 is 1.10 bits per heavy atom. The summed E-state index contributed by atoms with van der Waals surface area (Å²) in [5, 5.41) is 3.04. The van der Waals surface area contributed by atoms with Gasteiger partial charge >= 0.3 is 0 Å². The van der Waals surface area contributed by atoms with E-state index in [1.165, 1.54) is 11.3 Å². The van der Waals surface area contributed by atoms with Gasteiger partial charge in [0.05, 0.1) is 4.88 Å². The number of aromatic nitrogens is 1. The first-order valence-electron chi connectivity index (χ1n) is 9.61. The minimum Gasteiger partial charge on any atom is -0.354 e. The molecule has 0 bridgehead atoms. The SMILES string of the molecule is CN1CCN(c2cc(CNC(=O)c3ccc(-c4ccc(Br)cc4)s3)ccn2)CC1. The first-order chi connectivity index (χ1) is 14.1. The van der Waals surface area contributed by atoms with E-state index in [1.807, 2.05) is 36.5 Å². The van der Waals surface area contributed by atoms with E-state index in [4.69, 9.17) is 0 Å². The summed E-state index contributed by atoms with van der Waals surface area (Å²) in [6.45, 7) is 4.54. The van der Waals surface area contributed by atoms with E-state index in [-0.39, 0.29) is 5.91 Å². The van der Waals surface area contributed by atoms with Crippen LogP contribution in [0.3, 0.4) is 0 Å². The molecule has 1 aliphatic heterocycles. The van der Waals surface area contributed by atoms with Crippen molar-refractivity contribution in [2.45, 2.75) is 6.54 Å². The number of hydrogen-bond acceptors (Lipinski definition) is 5. The number of hydrogen-bond donors (Lipinski definition) is 1. The maximum absolute atomic E-state index is 12.6. The molecule has 4 rings (SSSR count). The molecule has 1 aliphatic rings. The van der Waals surface area contributed by atoms with Crippen LogP contribution in [0, 0.1) is 0 Å². The number of rotatable bonds is 5. The molecule has 2 aromatic heterocycles. The van der Waals surface area contributed by atoms with Gasteiger partial charge in [-0.3, -0.25) is 4.79 Å². The topological polar surface area (TPSA) is 48.5 Å². The van der Waals surface area contributed by atoms with E-state index < -0.39 is 0 Å². The van der Waals surface area contributed by atoms with Crippen molar-refractivity contribution in [3.63, 3.8) is 0 Å². The number of carbonyl (C=O) groups excluding carboxylic acids is 1. The number of nitrogens with zero attached hydrogens (tertiary/aromatic N) is 3. The van der Waals surface area contributed by atoms with E-state index in [1.54, 1.807) is 0 Å². The quantitative estimate of drug-likeness (QED) is 0.605. The number of pyridine rings is 1. The minimum atomic E-state index is -0.0451. The van der Waals surface area contributed by atoms with Crippen LogP contribution in [0.4, 0.5) is 5.82 Å². The molecular formula is C22H23BrN4OS. The van der Waals surface area contributed by atoms with Gasteiger partial charge in [-0.15, -0.1) is 11.3 Å². The molecule has 1 saturated heterocycles. The molecule has 3 aromatic rings. The Kier molecular flexibility index (Phi) is 6.28. The highest BCUT2D eigenvalue weighted by Gasteiger charge is 2.16. The average molecular weight is 471 g/mol. The van der Waals surface area contributed by atoms with Crippen molar-refractivity contribution >= 4 is 39.0 Å². The normalized spacial score (nSPS) is 14.8. The van der Waals surface area contributed by atoms with E-state index in [9.17, 15) is 4.79 Å². The van der Waals surface area contributed by atoms with Gasteiger partial charge in [-0.2, -0.15) is 0 Å². The van der Waals surface area contributed by atoms with Crippen LogP contribution in [0.1, 0.15) is 15.2 Å². The lowest BCUT2D eigenvalue weighted by Gasteiger charge is -2.33. The molecule has 0 aliphatic carbocycles. The van der Waals surface area contributed by atoms with Crippen molar-refractivity contribution in [2.24, 2.45) is 0 Å². The fraction of sp³-hybridized carbons (Fsp3) is 0.273. The largest absolute Gasteiger partial charge is 0.354 e. The van der Waals surface area contributed by atoms with Crippen LogP contribution >= 0.6 is 27.3 Å². The number of likely N-dealkylation sites (N-methyl/N-ethyl adjacent to an activating group) is 1. The van der Waals surface area contributed by atoms with Crippen LogP contribution in [-0.2, 0) is 6.54 Å². The van der Waals surface area contributed by atoms with Gasteiger partial charge in [0.15, 0.2) is 0 Å². The van der Waals surface area contributed by atoms with Gasteiger partial charge < -0.3 is 15.1 Å². The zero-order valence-electron chi connectivity index (χ0n) is 16.3. The molecule has 0 saturated carbocycles. The molecule has 7 heteroatoms. The summed E-state index contributed by atoms with van der Waals surface area (Å²) in [5.74, 6) is 0.940. The number of piperazine rings is 1. The van der Waals surface area contributed by atoms with Crippen molar-refractivity contribution in [1.82, 2.24) is 15.2 Å². The molecular weight excluding hydrogens is 448 g/mol. The number of amides is 1. The standard InChI is InChI=1S/C22H23BrN4OS/c1-26-10-12-27(13-11-26)21-14-16(8-9-24-21)15-25-22(28)20-7-6-19(29-20)17-2-4-18(23)5-3-17/h2-9,14H,10-13,15H2,1H3,(H,25,28). The first-order valence-corrected chi connectivity index (χ1v) is 11.2. The lowest BCUT2D eigenvalue weighted by molar-refractivity contribution is 0.0955. The fourth-order valence-corrected chi connectivity index (χ4v) is 4.47. The summed E-state index contributed by atoms with van der Waals surface area (Å²) < 4.78 is 1.05. The van der Waals surface area contributed by atoms with Crippen LogP contribution in [0.25, 0.3) is 10.4 Å². The van der Waals surface area contributed by atoms with Crippen LogP contribution in [0.2, 0.25) is 0 Å². The van der Waals surface area contributed by atoms with E-state index in [0.717, 1.165) is 57.4 Å². The third-order valence-electron chi connectivity index (χ3n) is 5.05. The zero-order chi connectivity index (χ0) is 20.2. The van der Waals surface area contributed by atoms with Gasteiger partial charge in [0.25, 0.3) is 5.91 Å². The highest BCUT2D eigenvalue weighted by Crippen LogP contribution is 2.29. The molecule has 0 unspecified atom stereocenters. The lowest BCUT2D eigenvalue weighted by Crippen LogP contribution is -2.44. The van der Waals surface area contributed by atoms with Crippen LogP contribution in [0.15, 0.2) is 59.2 Å². The predicted octanol–water partition coefficient (Wildman–Crippen LogP) is 4.25. The van der Waals surface area contributed by atoms with Gasteiger partial charge in [-0.25, -0.2) is 4.98 Å². The van der Waals surface area contributed by atoms with Crippen LogP contribution < -0.4 is 10.2 Å². The van der Waals surface area contributed by atoms with Crippen molar-refractivity contribution in [1.29, 1.82) is 0 Å². The summed E-state index contributed by atoms with van der Waals surface area (Å²) in [6, 6.07) is 16.0. The van der Waals surface area contributed by atoms with Gasteiger partial charge in [0, 0.05) is 48.3 Å². The van der Waals surface area contributed by atoms with E-state index in [0.29, 0.717) is 6.54 Å². The number of carbonyl (C=O) groups is 1. The summed E-state index contributed by atoms with van der Waals surface area (Å²) in [6.07, 6.45) is 1.83. The molecule has 1 amide bonds. The number of benzene rings is 1. The third-order valence-corrected chi connectivity index (χ3v) is 6.71. The molecule has 1 fully saturated rings. The van der Waals surface area contributed by atoms with Gasteiger partial charge in [-0.05, 0) is 54.6 Å². The Labute approximate surface area is 183 Å². The van der Waals surface area contributed by atoms with Gasteiger partial charge in [0.2, 0.25) is 0 Å². The highest BCUT2D eigenvalue weighted by molar-refractivity contribution is 9.10. The maximum Gasteiger partial charge on any atom is 0.261 e. The Morgan fingerprint density at radius 2 is 1.86 bits per heavy atom. The van der Waals surface area contributed by atoms with Crippen molar-refractivity contribution in [3.05, 3.63) is 69.6 Å². The second-order valence-corrected chi connectivity index (χ2v) is 9.17. The molecule has 0 atom stereocenters. The van der Waals surface area contributed by atoms with Crippen LogP contribution in [0.5, 0.6) is 0 Å². The third kappa shape index (κ3) is 5.04. The van der Waals surface area contributed by atoms with Crippen molar-refractivity contribution in [3.8, 4) is 10.4 Å².